The Morgan fingerprint density at radius 2 is 1.26 bits per heavy atom. The average molecular weight is 588 g/mol. The zero-order valence-corrected chi connectivity index (χ0v) is 25.4. The number of benzene rings is 1. The number of carbonyl (C=O) groups is 4. The van der Waals surface area contributed by atoms with Gasteiger partial charge < -0.3 is 23.9 Å². The number of hydroxylamine groups is 2. The first kappa shape index (κ1) is 32.6. The second-order valence-electron chi connectivity index (χ2n) is 12.5. The molecule has 42 heavy (non-hydrogen) atoms. The summed E-state index contributed by atoms with van der Waals surface area (Å²) >= 11 is 0. The fourth-order valence-corrected chi connectivity index (χ4v) is 4.25. The smallest absolute Gasteiger partial charge is 0.337 e. The highest BCUT2D eigenvalue weighted by Crippen LogP contribution is 2.40. The van der Waals surface area contributed by atoms with Crippen molar-refractivity contribution in [3.63, 3.8) is 0 Å². The Balaban J connectivity index is 1.58. The summed E-state index contributed by atoms with van der Waals surface area (Å²) in [6.45, 7) is 13.8. The molecule has 2 heterocycles. The summed E-state index contributed by atoms with van der Waals surface area (Å²) < 4.78 is 16.8. The van der Waals surface area contributed by atoms with Gasteiger partial charge in [0.25, 0.3) is 5.96 Å². The number of fused-ring (bicyclic) bond motifs is 2. The summed E-state index contributed by atoms with van der Waals surface area (Å²) in [5, 5.41) is 0. The summed E-state index contributed by atoms with van der Waals surface area (Å²) in [5.41, 5.74) is 6.05. The highest BCUT2D eigenvalue weighted by molar-refractivity contribution is 5.85. The number of carbonyl (C=O) groups excluding carboxylic acids is 4. The van der Waals surface area contributed by atoms with Crippen LogP contribution in [-0.2, 0) is 49.7 Å². The van der Waals surface area contributed by atoms with Crippen molar-refractivity contribution in [2.45, 2.75) is 74.2 Å². The Labute approximate surface area is 246 Å². The third-order valence-corrected chi connectivity index (χ3v) is 6.42. The summed E-state index contributed by atoms with van der Waals surface area (Å²) in [5.74, 6) is -4.21. The normalized spacial score (nSPS) is 20.9. The van der Waals surface area contributed by atoms with Crippen molar-refractivity contribution in [1.29, 1.82) is 0 Å². The molecular weight excluding hydrogens is 546 g/mol. The minimum absolute atomic E-state index is 0.0811. The Bertz CT molecular complexity index is 1190. The number of hydrogen-bond acceptors (Lipinski definition) is 10. The predicted molar refractivity (Wildman–Crippen MR) is 151 cm³/mol. The second-order valence-corrected chi connectivity index (χ2v) is 12.5. The topological polar surface area (TPSA) is 151 Å². The SMILES string of the molecule is Cc1cc(C)cc(COC(=O)C2C3C=CC(O3)C2C(=O)OCCN=C(NOC(=O)C(C)(C)C)NOC(=O)C(C)(C)C)c1. The van der Waals surface area contributed by atoms with E-state index in [1.165, 1.54) is 0 Å². The van der Waals surface area contributed by atoms with Crippen LogP contribution in [0.2, 0.25) is 0 Å². The van der Waals surface area contributed by atoms with E-state index in [9.17, 15) is 19.2 Å². The van der Waals surface area contributed by atoms with E-state index in [2.05, 4.69) is 16.0 Å². The molecule has 2 bridgehead atoms. The summed E-state index contributed by atoms with van der Waals surface area (Å²) in [4.78, 5) is 64.6. The Morgan fingerprint density at radius 3 is 1.74 bits per heavy atom. The van der Waals surface area contributed by atoms with E-state index >= 15 is 0 Å². The number of esters is 2. The van der Waals surface area contributed by atoms with Crippen molar-refractivity contribution >= 4 is 29.8 Å². The quantitative estimate of drug-likeness (QED) is 0.0921. The number of aliphatic imine (C=N–C) groups is 1. The third-order valence-electron chi connectivity index (χ3n) is 6.42. The maximum atomic E-state index is 13.0. The van der Waals surface area contributed by atoms with Crippen molar-refractivity contribution < 1.29 is 43.1 Å². The molecule has 0 aliphatic carbocycles. The standard InChI is InChI=1S/C30H41N3O9/c1-17-13-18(2)15-19(14-17)16-39-25(35)23-21-10-9-20(40-21)22(23)24(34)38-12-11-31-28(32-41-26(36)29(3,4)5)33-42-27(37)30(6,7)8/h9-10,13-15,20-23H,11-12,16H2,1-8H3,(H2,31,32,33). The van der Waals surface area contributed by atoms with Crippen LogP contribution >= 0.6 is 0 Å². The maximum Gasteiger partial charge on any atom is 0.337 e. The molecule has 1 fully saturated rings. The molecule has 0 spiro atoms. The van der Waals surface area contributed by atoms with E-state index in [1.54, 1.807) is 53.7 Å². The van der Waals surface area contributed by atoms with Gasteiger partial charge in [0.2, 0.25) is 0 Å². The highest BCUT2D eigenvalue weighted by atomic mass is 16.7. The number of guanidine groups is 1. The first-order chi connectivity index (χ1) is 19.6. The molecule has 1 aromatic carbocycles. The van der Waals surface area contributed by atoms with Crippen LogP contribution in [0.25, 0.3) is 0 Å². The van der Waals surface area contributed by atoms with Crippen molar-refractivity contribution in [2.24, 2.45) is 27.7 Å². The lowest BCUT2D eigenvalue weighted by molar-refractivity contribution is -0.160. The molecule has 230 valence electrons. The van der Waals surface area contributed by atoms with Crippen LogP contribution in [0.5, 0.6) is 0 Å². The lowest BCUT2D eigenvalue weighted by Gasteiger charge is -2.22. The van der Waals surface area contributed by atoms with Crippen LogP contribution < -0.4 is 11.0 Å². The van der Waals surface area contributed by atoms with Crippen LogP contribution in [0, 0.1) is 36.5 Å². The molecule has 1 aromatic rings. The van der Waals surface area contributed by atoms with Gasteiger partial charge in [-0.25, -0.2) is 14.6 Å². The van der Waals surface area contributed by atoms with Crippen LogP contribution in [0.1, 0.15) is 58.2 Å². The van der Waals surface area contributed by atoms with E-state index < -0.39 is 58.8 Å². The molecule has 12 heteroatoms. The molecule has 0 aromatic heterocycles. The number of rotatable bonds is 7. The molecule has 0 radical (unpaired) electrons. The van der Waals surface area contributed by atoms with Crippen LogP contribution in [0.15, 0.2) is 35.3 Å². The molecule has 3 rings (SSSR count). The zero-order valence-electron chi connectivity index (χ0n) is 25.4. The highest BCUT2D eigenvalue weighted by Gasteiger charge is 2.54. The molecule has 0 saturated carbocycles. The molecule has 4 unspecified atom stereocenters. The van der Waals surface area contributed by atoms with E-state index in [0.29, 0.717) is 0 Å². The Hall–Kier alpha value is -3.93. The monoisotopic (exact) mass is 587 g/mol. The van der Waals surface area contributed by atoms with Gasteiger partial charge >= 0.3 is 23.9 Å². The van der Waals surface area contributed by atoms with Crippen molar-refractivity contribution in [3.05, 3.63) is 47.0 Å². The number of hydrogen-bond donors (Lipinski definition) is 2. The lowest BCUT2D eigenvalue weighted by atomic mass is 9.83. The van der Waals surface area contributed by atoms with E-state index in [4.69, 9.17) is 23.9 Å². The van der Waals surface area contributed by atoms with Crippen molar-refractivity contribution in [1.82, 2.24) is 11.0 Å². The van der Waals surface area contributed by atoms with E-state index in [1.807, 2.05) is 32.0 Å². The van der Waals surface area contributed by atoms with Gasteiger partial charge in [0.05, 0.1) is 29.6 Å². The van der Waals surface area contributed by atoms with Crippen LogP contribution in [0.3, 0.4) is 0 Å². The fraction of sp³-hybridized carbons (Fsp3) is 0.567. The Morgan fingerprint density at radius 1 is 0.786 bits per heavy atom. The minimum Gasteiger partial charge on any atom is -0.463 e. The van der Waals surface area contributed by atoms with Crippen LogP contribution in [-0.4, -0.2) is 55.2 Å². The largest absolute Gasteiger partial charge is 0.463 e. The Kier molecular flexibility index (Phi) is 10.4. The van der Waals surface area contributed by atoms with Crippen molar-refractivity contribution in [3.8, 4) is 0 Å². The number of aryl methyl sites for hydroxylation is 2. The average Bonchev–Trinajstić information content (AvgIpc) is 3.50. The van der Waals surface area contributed by atoms with E-state index in [0.717, 1.165) is 16.7 Å². The zero-order chi connectivity index (χ0) is 31.2. The van der Waals surface area contributed by atoms with Gasteiger partial charge in [-0.05, 0) is 61.0 Å². The number of nitrogens with one attached hydrogen (secondary N) is 2. The van der Waals surface area contributed by atoms with Gasteiger partial charge in [-0.3, -0.25) is 9.59 Å². The maximum absolute atomic E-state index is 13.0. The van der Waals surface area contributed by atoms with E-state index in [-0.39, 0.29) is 25.7 Å². The van der Waals surface area contributed by atoms with Crippen molar-refractivity contribution in [2.75, 3.05) is 13.2 Å². The number of ether oxygens (including phenoxy) is 3. The van der Waals surface area contributed by atoms with Gasteiger partial charge in [-0.2, -0.15) is 11.0 Å². The molecular formula is C30H41N3O9. The minimum atomic E-state index is -0.869. The van der Waals surface area contributed by atoms with Gasteiger partial charge in [0.1, 0.15) is 25.0 Å². The predicted octanol–water partition coefficient (Wildman–Crippen LogP) is 3.00. The summed E-state index contributed by atoms with van der Waals surface area (Å²) in [7, 11) is 0. The molecule has 12 nitrogen and oxygen atoms in total. The molecule has 0 amide bonds. The van der Waals surface area contributed by atoms with Gasteiger partial charge in [-0.15, -0.1) is 0 Å². The molecule has 2 aliphatic heterocycles. The van der Waals surface area contributed by atoms with Gasteiger partial charge in [0.15, 0.2) is 0 Å². The molecule has 1 saturated heterocycles. The molecule has 2 aliphatic rings. The fourth-order valence-electron chi connectivity index (χ4n) is 4.25. The molecule has 4 atom stereocenters. The lowest BCUT2D eigenvalue weighted by Crippen LogP contribution is -2.43. The second kappa shape index (κ2) is 13.4. The van der Waals surface area contributed by atoms with Gasteiger partial charge in [-0.1, -0.05) is 41.5 Å². The van der Waals surface area contributed by atoms with Crippen LogP contribution in [0.4, 0.5) is 0 Å². The first-order valence-corrected chi connectivity index (χ1v) is 13.8. The van der Waals surface area contributed by atoms with Gasteiger partial charge in [0, 0.05) is 0 Å². The summed E-state index contributed by atoms with van der Waals surface area (Å²) in [6, 6.07) is 5.91. The first-order valence-electron chi connectivity index (χ1n) is 13.8. The third kappa shape index (κ3) is 8.78. The molecule has 2 N–H and O–H groups in total. The summed E-state index contributed by atoms with van der Waals surface area (Å²) in [6.07, 6.45) is 2.31. The number of nitrogens with zero attached hydrogens (tertiary/aromatic N) is 1.